The molecule has 0 aliphatic carbocycles. The summed E-state index contributed by atoms with van der Waals surface area (Å²) in [5.41, 5.74) is 5.32. The van der Waals surface area contributed by atoms with Crippen LogP contribution in [0.3, 0.4) is 0 Å². The Morgan fingerprint density at radius 3 is 2.56 bits per heavy atom. The maximum atomic E-state index is 13.6. The predicted molar refractivity (Wildman–Crippen MR) is 157 cm³/mol. The molecule has 2 aliphatic rings. The molecule has 4 heterocycles. The number of fused-ring (bicyclic) bond motifs is 1. The van der Waals surface area contributed by atoms with Crippen LogP contribution in [-0.4, -0.2) is 72.1 Å². The molecular formula is C31H40N6O2. The molecule has 1 saturated heterocycles. The van der Waals surface area contributed by atoms with Gasteiger partial charge < -0.3 is 25.0 Å². The van der Waals surface area contributed by atoms with Crippen LogP contribution in [0.5, 0.6) is 0 Å². The third kappa shape index (κ3) is 5.57. The van der Waals surface area contributed by atoms with Crippen molar-refractivity contribution in [2.24, 2.45) is 0 Å². The number of benzene rings is 1. The zero-order valence-corrected chi connectivity index (χ0v) is 23.8. The monoisotopic (exact) mass is 528 g/mol. The van der Waals surface area contributed by atoms with Gasteiger partial charge in [-0.25, -0.2) is 4.98 Å². The van der Waals surface area contributed by atoms with Gasteiger partial charge >= 0.3 is 0 Å². The highest BCUT2D eigenvalue weighted by atomic mass is 16.2. The van der Waals surface area contributed by atoms with Crippen LogP contribution in [-0.2, 0) is 4.79 Å². The lowest BCUT2D eigenvalue weighted by Crippen LogP contribution is -2.44. The van der Waals surface area contributed by atoms with Crippen molar-refractivity contribution in [2.75, 3.05) is 44.7 Å². The van der Waals surface area contributed by atoms with Crippen LogP contribution in [0.4, 0.5) is 5.82 Å². The number of hydrogen-bond acceptors (Lipinski definition) is 5. The molecule has 8 nitrogen and oxygen atoms in total. The molecular weight excluding hydrogens is 488 g/mol. The number of hydrogen-bond donors (Lipinski definition) is 2. The maximum Gasteiger partial charge on any atom is 0.252 e. The fourth-order valence-corrected chi connectivity index (χ4v) is 5.69. The minimum Gasteiger partial charge on any atom is -0.354 e. The summed E-state index contributed by atoms with van der Waals surface area (Å²) in [5, 5.41) is 6.95. The summed E-state index contributed by atoms with van der Waals surface area (Å²) in [7, 11) is 2.15. The molecule has 0 spiro atoms. The highest BCUT2D eigenvalue weighted by Crippen LogP contribution is 2.31. The summed E-state index contributed by atoms with van der Waals surface area (Å²) in [4.78, 5) is 35.7. The number of likely N-dealkylation sites (N-methyl/N-ethyl adjacent to an activating group) is 1. The Hall–Kier alpha value is -3.65. The summed E-state index contributed by atoms with van der Waals surface area (Å²) in [6.07, 6.45) is 5.57. The van der Waals surface area contributed by atoms with Crippen LogP contribution in [0, 0.1) is 0 Å². The van der Waals surface area contributed by atoms with E-state index in [2.05, 4.69) is 71.0 Å². The number of rotatable bonds is 7. The van der Waals surface area contributed by atoms with Crippen molar-refractivity contribution in [3.8, 4) is 11.1 Å². The van der Waals surface area contributed by atoms with Crippen LogP contribution in [0.25, 0.3) is 22.0 Å². The maximum absolute atomic E-state index is 13.6. The van der Waals surface area contributed by atoms with E-state index >= 15 is 0 Å². The van der Waals surface area contributed by atoms with Crippen molar-refractivity contribution in [2.45, 2.75) is 52.6 Å². The molecule has 2 amide bonds. The number of nitrogens with zero attached hydrogens (tertiary/aromatic N) is 4. The van der Waals surface area contributed by atoms with Crippen LogP contribution in [0.15, 0.2) is 53.9 Å². The van der Waals surface area contributed by atoms with E-state index in [1.165, 1.54) is 0 Å². The minimum absolute atomic E-state index is 0.0812. The number of pyridine rings is 1. The van der Waals surface area contributed by atoms with E-state index in [1.807, 2.05) is 31.5 Å². The van der Waals surface area contributed by atoms with Gasteiger partial charge in [-0.1, -0.05) is 12.5 Å². The Labute approximate surface area is 231 Å². The second-order valence-corrected chi connectivity index (χ2v) is 11.2. The van der Waals surface area contributed by atoms with Gasteiger partial charge in [0.2, 0.25) is 5.91 Å². The summed E-state index contributed by atoms with van der Waals surface area (Å²) in [5.74, 6) is 0.721. The molecule has 206 valence electrons. The molecule has 0 radical (unpaired) electrons. The number of aromatic nitrogens is 2. The van der Waals surface area contributed by atoms with Gasteiger partial charge in [0.1, 0.15) is 5.82 Å². The molecule has 2 aliphatic heterocycles. The van der Waals surface area contributed by atoms with E-state index in [0.29, 0.717) is 11.1 Å². The lowest BCUT2D eigenvalue weighted by atomic mass is 9.94. The third-order valence-corrected chi connectivity index (χ3v) is 8.03. The zero-order valence-electron chi connectivity index (χ0n) is 23.8. The number of amides is 2. The van der Waals surface area contributed by atoms with Gasteiger partial charge in [-0.2, -0.15) is 0 Å². The van der Waals surface area contributed by atoms with Gasteiger partial charge in [0.05, 0.1) is 0 Å². The van der Waals surface area contributed by atoms with Crippen molar-refractivity contribution in [1.82, 2.24) is 25.1 Å². The van der Waals surface area contributed by atoms with E-state index in [4.69, 9.17) is 4.98 Å². The lowest BCUT2D eigenvalue weighted by molar-refractivity contribution is -0.118. The average molecular weight is 529 g/mol. The van der Waals surface area contributed by atoms with Crippen molar-refractivity contribution in [1.29, 1.82) is 0 Å². The quantitative estimate of drug-likeness (QED) is 0.476. The second kappa shape index (κ2) is 11.2. The Kier molecular flexibility index (Phi) is 7.75. The number of nitrogens with one attached hydrogen (secondary N) is 2. The van der Waals surface area contributed by atoms with Crippen LogP contribution in [0.1, 0.15) is 56.9 Å². The Balaban J connectivity index is 1.45. The summed E-state index contributed by atoms with van der Waals surface area (Å²) in [6, 6.07) is 10.6. The SMILES string of the molecule is CCC1=C(CNC(=O)c2cc(-c3ccc(N4CCN(C)CC4)nc3)cc3c2ccn3C(C)C)C(=O)NC(C)C1. The van der Waals surface area contributed by atoms with Crippen molar-refractivity contribution >= 4 is 28.5 Å². The van der Waals surface area contributed by atoms with Crippen molar-refractivity contribution in [3.05, 3.63) is 59.4 Å². The summed E-state index contributed by atoms with van der Waals surface area (Å²) < 4.78 is 2.19. The van der Waals surface area contributed by atoms with E-state index in [9.17, 15) is 9.59 Å². The highest BCUT2D eigenvalue weighted by molar-refractivity contribution is 6.09. The third-order valence-electron chi connectivity index (χ3n) is 8.03. The Morgan fingerprint density at radius 2 is 1.90 bits per heavy atom. The van der Waals surface area contributed by atoms with Crippen molar-refractivity contribution < 1.29 is 9.59 Å². The number of anilines is 1. The second-order valence-electron chi connectivity index (χ2n) is 11.2. The minimum atomic E-state index is -0.181. The fraction of sp³-hybridized carbons (Fsp3) is 0.452. The topological polar surface area (TPSA) is 82.5 Å². The van der Waals surface area contributed by atoms with Crippen LogP contribution < -0.4 is 15.5 Å². The van der Waals surface area contributed by atoms with E-state index < -0.39 is 0 Å². The molecule has 0 bridgehead atoms. The van der Waals surface area contributed by atoms with E-state index in [1.54, 1.807) is 0 Å². The van der Waals surface area contributed by atoms with Gasteiger partial charge in [0, 0.05) is 84.8 Å². The largest absolute Gasteiger partial charge is 0.354 e. The van der Waals surface area contributed by atoms with Crippen molar-refractivity contribution in [3.63, 3.8) is 0 Å². The molecule has 2 N–H and O–H groups in total. The number of carbonyl (C=O) groups excluding carboxylic acids is 2. The average Bonchev–Trinajstić information content (AvgIpc) is 3.36. The Bertz CT molecular complexity index is 1400. The van der Waals surface area contributed by atoms with Gasteiger partial charge in [0.15, 0.2) is 0 Å². The van der Waals surface area contributed by atoms with Gasteiger partial charge in [0.25, 0.3) is 5.91 Å². The molecule has 1 unspecified atom stereocenters. The van der Waals surface area contributed by atoms with Crippen LogP contribution in [0.2, 0.25) is 0 Å². The standard InChI is InChI=1S/C31H40N6O2/c1-6-22-15-21(4)34-31(39)27(22)19-33-30(38)26-16-24(17-28-25(26)9-10-37(28)20(2)3)23-7-8-29(32-18-23)36-13-11-35(5)12-14-36/h7-10,16-18,20-21H,6,11-15,19H2,1-5H3,(H,33,38)(H,34,39). The molecule has 2 aromatic heterocycles. The molecule has 1 fully saturated rings. The predicted octanol–water partition coefficient (Wildman–Crippen LogP) is 4.38. The summed E-state index contributed by atoms with van der Waals surface area (Å²) >= 11 is 0. The lowest BCUT2D eigenvalue weighted by Gasteiger charge is -2.33. The first-order valence-electron chi connectivity index (χ1n) is 14.1. The fourth-order valence-electron chi connectivity index (χ4n) is 5.69. The molecule has 39 heavy (non-hydrogen) atoms. The normalized spacial score (nSPS) is 18.7. The first-order chi connectivity index (χ1) is 18.7. The molecule has 1 atom stereocenters. The molecule has 3 aromatic rings. The summed E-state index contributed by atoms with van der Waals surface area (Å²) in [6.45, 7) is 12.6. The van der Waals surface area contributed by atoms with E-state index in [-0.39, 0.29) is 30.4 Å². The Morgan fingerprint density at radius 1 is 1.13 bits per heavy atom. The smallest absolute Gasteiger partial charge is 0.252 e. The molecule has 0 saturated carbocycles. The van der Waals surface area contributed by atoms with Gasteiger partial charge in [-0.3, -0.25) is 9.59 Å². The molecule has 8 heteroatoms. The number of piperazine rings is 1. The van der Waals surface area contributed by atoms with Gasteiger partial charge in [-0.05, 0) is 76.6 Å². The zero-order chi connectivity index (χ0) is 27.7. The first-order valence-corrected chi connectivity index (χ1v) is 14.1. The van der Waals surface area contributed by atoms with Crippen LogP contribution >= 0.6 is 0 Å². The molecule has 1 aromatic carbocycles. The first kappa shape index (κ1) is 26.9. The van der Waals surface area contributed by atoms with E-state index in [0.717, 1.165) is 72.4 Å². The highest BCUT2D eigenvalue weighted by Gasteiger charge is 2.24. The van der Waals surface area contributed by atoms with Gasteiger partial charge in [-0.15, -0.1) is 0 Å². The molecule has 5 rings (SSSR count). The number of carbonyl (C=O) groups is 2.